The fraction of sp³-hybridized carbons (Fsp3) is 0.273. The van der Waals surface area contributed by atoms with Gasteiger partial charge in [-0.15, -0.1) is 0 Å². The van der Waals surface area contributed by atoms with Crippen LogP contribution in [0.25, 0.3) is 11.3 Å². The van der Waals surface area contributed by atoms with Gasteiger partial charge in [-0.05, 0) is 36.2 Å². The molecule has 1 atom stereocenters. The van der Waals surface area contributed by atoms with Gasteiger partial charge in [0.15, 0.2) is 5.82 Å². The number of nitrogens with zero attached hydrogens (tertiary/aromatic N) is 3. The second kappa shape index (κ2) is 7.76. The van der Waals surface area contributed by atoms with Gasteiger partial charge in [0, 0.05) is 50.5 Å². The van der Waals surface area contributed by atoms with Crippen molar-refractivity contribution in [3.05, 3.63) is 66.2 Å². The molecule has 0 unspecified atom stereocenters. The van der Waals surface area contributed by atoms with Gasteiger partial charge in [-0.2, -0.15) is 5.10 Å². The van der Waals surface area contributed by atoms with E-state index < -0.39 is 0 Å². The van der Waals surface area contributed by atoms with Gasteiger partial charge in [-0.3, -0.25) is 9.89 Å². The van der Waals surface area contributed by atoms with Crippen molar-refractivity contribution >= 4 is 17.4 Å². The lowest BCUT2D eigenvalue weighted by Crippen LogP contribution is -2.37. The van der Waals surface area contributed by atoms with E-state index in [4.69, 9.17) is 0 Å². The Morgan fingerprint density at radius 2 is 1.89 bits per heavy atom. The van der Waals surface area contributed by atoms with Gasteiger partial charge < -0.3 is 15.1 Å². The summed E-state index contributed by atoms with van der Waals surface area (Å²) in [6, 6.07) is 20.0. The molecule has 6 nitrogen and oxygen atoms in total. The fourth-order valence-electron chi connectivity index (χ4n) is 3.50. The molecule has 4 rings (SSSR count). The summed E-state index contributed by atoms with van der Waals surface area (Å²) in [6.07, 6.45) is 0.912. The molecule has 1 amide bonds. The van der Waals surface area contributed by atoms with E-state index in [2.05, 4.69) is 38.6 Å². The molecular formula is C22H25N5O. The Hall–Kier alpha value is -3.28. The molecule has 28 heavy (non-hydrogen) atoms. The van der Waals surface area contributed by atoms with Crippen LogP contribution in [0.2, 0.25) is 0 Å². The van der Waals surface area contributed by atoms with Crippen LogP contribution >= 0.6 is 0 Å². The molecule has 0 bridgehead atoms. The predicted molar refractivity (Wildman–Crippen MR) is 113 cm³/mol. The van der Waals surface area contributed by atoms with Crippen molar-refractivity contribution in [1.29, 1.82) is 0 Å². The summed E-state index contributed by atoms with van der Waals surface area (Å²) in [6.45, 7) is 1.64. The quantitative estimate of drug-likeness (QED) is 0.719. The Kier molecular flexibility index (Phi) is 5.02. The van der Waals surface area contributed by atoms with E-state index >= 15 is 0 Å². The van der Waals surface area contributed by atoms with Crippen LogP contribution in [0, 0.1) is 0 Å². The van der Waals surface area contributed by atoms with Crippen LogP contribution < -0.4 is 15.1 Å². The molecule has 1 aliphatic heterocycles. The third-order valence-corrected chi connectivity index (χ3v) is 5.14. The monoisotopic (exact) mass is 375 g/mol. The lowest BCUT2D eigenvalue weighted by atomic mass is 10.1. The maximum Gasteiger partial charge on any atom is 0.251 e. The molecule has 1 aliphatic rings. The molecule has 2 aromatic carbocycles. The normalized spacial score (nSPS) is 16.2. The number of nitrogens with one attached hydrogen (secondary N) is 2. The van der Waals surface area contributed by atoms with E-state index in [1.807, 2.05) is 61.5 Å². The molecule has 0 spiro atoms. The van der Waals surface area contributed by atoms with Gasteiger partial charge in [0.25, 0.3) is 5.91 Å². The summed E-state index contributed by atoms with van der Waals surface area (Å²) in [4.78, 5) is 16.8. The van der Waals surface area contributed by atoms with Crippen LogP contribution in [0.1, 0.15) is 16.8 Å². The highest BCUT2D eigenvalue weighted by molar-refractivity contribution is 5.94. The number of aromatic nitrogens is 2. The van der Waals surface area contributed by atoms with Crippen LogP contribution in [0.5, 0.6) is 0 Å². The Labute approximate surface area is 165 Å². The fourth-order valence-corrected chi connectivity index (χ4v) is 3.50. The second-order valence-corrected chi connectivity index (χ2v) is 7.35. The Morgan fingerprint density at radius 3 is 2.61 bits per heavy atom. The first kappa shape index (κ1) is 18.1. The minimum atomic E-state index is -0.0239. The highest BCUT2D eigenvalue weighted by atomic mass is 16.1. The maximum atomic E-state index is 12.5. The molecule has 144 valence electrons. The van der Waals surface area contributed by atoms with Crippen LogP contribution in [0.15, 0.2) is 60.7 Å². The highest BCUT2D eigenvalue weighted by Gasteiger charge is 2.26. The van der Waals surface area contributed by atoms with Crippen molar-refractivity contribution in [2.24, 2.45) is 0 Å². The summed E-state index contributed by atoms with van der Waals surface area (Å²) >= 11 is 0. The molecule has 3 aromatic rings. The Balaban J connectivity index is 1.36. The Morgan fingerprint density at radius 1 is 1.14 bits per heavy atom. The smallest absolute Gasteiger partial charge is 0.251 e. The number of hydrogen-bond donors (Lipinski definition) is 2. The number of anilines is 2. The lowest BCUT2D eigenvalue weighted by molar-refractivity contribution is 0.0940. The molecule has 1 fully saturated rings. The summed E-state index contributed by atoms with van der Waals surface area (Å²) in [5.74, 6) is 0.898. The zero-order valence-corrected chi connectivity index (χ0v) is 16.2. The summed E-state index contributed by atoms with van der Waals surface area (Å²) in [5.41, 5.74) is 3.89. The minimum absolute atomic E-state index is 0.0239. The molecular weight excluding hydrogens is 350 g/mol. The van der Waals surface area contributed by atoms with Crippen molar-refractivity contribution in [3.8, 4) is 11.3 Å². The minimum Gasteiger partial charge on any atom is -0.378 e. The molecule has 1 aromatic heterocycles. The number of H-pyrrole nitrogens is 1. The maximum absolute atomic E-state index is 12.5. The third-order valence-electron chi connectivity index (χ3n) is 5.14. The van der Waals surface area contributed by atoms with Gasteiger partial charge in [0.05, 0.1) is 5.69 Å². The summed E-state index contributed by atoms with van der Waals surface area (Å²) in [7, 11) is 3.97. The van der Waals surface area contributed by atoms with Crippen molar-refractivity contribution in [2.45, 2.75) is 12.5 Å². The molecule has 0 radical (unpaired) electrons. The number of hydrogen-bond acceptors (Lipinski definition) is 4. The average Bonchev–Trinajstić information content (AvgIpc) is 3.38. The first-order valence-corrected chi connectivity index (χ1v) is 9.54. The van der Waals surface area contributed by atoms with E-state index in [9.17, 15) is 4.79 Å². The zero-order chi connectivity index (χ0) is 19.5. The standard InChI is InChI=1S/C22H25N5O/c1-26(2)19-10-8-17(9-11-19)22(28)23-18-12-13-27(15-18)21-14-20(24-25-21)16-6-4-3-5-7-16/h3-11,14,18H,12-13,15H2,1-2H3,(H,23,28)(H,24,25)/t18-/m1/s1. The van der Waals surface area contributed by atoms with Crippen LogP contribution in [0.3, 0.4) is 0 Å². The van der Waals surface area contributed by atoms with Crippen LogP contribution in [0.4, 0.5) is 11.5 Å². The third kappa shape index (κ3) is 3.86. The number of carbonyl (C=O) groups is 1. The van der Waals surface area contributed by atoms with Gasteiger partial charge >= 0.3 is 0 Å². The van der Waals surface area contributed by atoms with Crippen molar-refractivity contribution < 1.29 is 4.79 Å². The number of aromatic amines is 1. The van der Waals surface area contributed by atoms with Gasteiger partial charge in [0.2, 0.25) is 0 Å². The number of amides is 1. The lowest BCUT2D eigenvalue weighted by Gasteiger charge is -2.16. The number of carbonyl (C=O) groups excluding carboxylic acids is 1. The van der Waals surface area contributed by atoms with E-state index in [1.165, 1.54) is 0 Å². The van der Waals surface area contributed by atoms with E-state index in [0.717, 1.165) is 42.3 Å². The number of benzene rings is 2. The molecule has 6 heteroatoms. The number of rotatable bonds is 5. The Bertz CT molecular complexity index is 933. The van der Waals surface area contributed by atoms with Crippen molar-refractivity contribution in [2.75, 3.05) is 37.0 Å². The zero-order valence-electron chi connectivity index (χ0n) is 16.2. The predicted octanol–water partition coefficient (Wildman–Crippen LogP) is 3.15. The topological polar surface area (TPSA) is 64.3 Å². The van der Waals surface area contributed by atoms with Crippen molar-refractivity contribution in [3.63, 3.8) is 0 Å². The molecule has 1 saturated heterocycles. The van der Waals surface area contributed by atoms with E-state index in [-0.39, 0.29) is 11.9 Å². The second-order valence-electron chi connectivity index (χ2n) is 7.35. The molecule has 2 heterocycles. The first-order chi connectivity index (χ1) is 13.6. The summed E-state index contributed by atoms with van der Waals surface area (Å²) in [5, 5.41) is 10.7. The van der Waals surface area contributed by atoms with Gasteiger partial charge in [-0.1, -0.05) is 30.3 Å². The van der Waals surface area contributed by atoms with Crippen molar-refractivity contribution in [1.82, 2.24) is 15.5 Å². The summed E-state index contributed by atoms with van der Waals surface area (Å²) < 4.78 is 0. The molecule has 0 aliphatic carbocycles. The van der Waals surface area contributed by atoms with Crippen LogP contribution in [-0.4, -0.2) is 49.3 Å². The molecule has 0 saturated carbocycles. The average molecular weight is 375 g/mol. The van der Waals surface area contributed by atoms with E-state index in [1.54, 1.807) is 0 Å². The largest absolute Gasteiger partial charge is 0.378 e. The first-order valence-electron chi connectivity index (χ1n) is 9.54. The molecule has 2 N–H and O–H groups in total. The van der Waals surface area contributed by atoms with Gasteiger partial charge in [0.1, 0.15) is 0 Å². The van der Waals surface area contributed by atoms with Gasteiger partial charge in [-0.25, -0.2) is 0 Å². The van der Waals surface area contributed by atoms with E-state index in [0.29, 0.717) is 5.56 Å². The highest BCUT2D eigenvalue weighted by Crippen LogP contribution is 2.24. The SMILES string of the molecule is CN(C)c1ccc(C(=O)N[C@@H]2CCN(c3cc(-c4ccccc4)[nH]n3)C2)cc1. The van der Waals surface area contributed by atoms with Crippen LogP contribution in [-0.2, 0) is 0 Å².